The summed E-state index contributed by atoms with van der Waals surface area (Å²) in [5, 5.41) is 10.5. The van der Waals surface area contributed by atoms with Crippen LogP contribution in [0.25, 0.3) is 0 Å². The molecular weight excluding hydrogens is 380 g/mol. The number of carbonyl (C=O) groups is 4. The molecule has 1 aliphatic heterocycles. The zero-order valence-electron chi connectivity index (χ0n) is 14.6. The highest BCUT2D eigenvalue weighted by atomic mass is 32.2. The predicted molar refractivity (Wildman–Crippen MR) is 105 cm³/mol. The maximum atomic E-state index is 12.6. The number of para-hydroxylation sites is 1. The van der Waals surface area contributed by atoms with Crippen molar-refractivity contribution in [2.75, 3.05) is 10.2 Å². The molecule has 1 aliphatic rings. The first-order valence-electron chi connectivity index (χ1n) is 8.34. The van der Waals surface area contributed by atoms with Gasteiger partial charge in [-0.05, 0) is 36.4 Å². The Morgan fingerprint density at radius 2 is 1.71 bits per heavy atom. The molecule has 0 radical (unpaired) electrons. The van der Waals surface area contributed by atoms with Crippen LogP contribution in [-0.4, -0.2) is 34.0 Å². The smallest absolute Gasteiger partial charge is 0.328 e. The van der Waals surface area contributed by atoms with E-state index in [9.17, 15) is 19.2 Å². The minimum absolute atomic E-state index is 0.122. The Bertz CT molecular complexity index is 941. The molecule has 0 spiro atoms. The van der Waals surface area contributed by atoms with Crippen LogP contribution in [-0.2, 0) is 19.2 Å². The number of carboxylic acids is 1. The van der Waals surface area contributed by atoms with Gasteiger partial charge in [0, 0.05) is 29.2 Å². The number of hydrogen-bond acceptors (Lipinski definition) is 5. The number of amides is 3. The number of nitrogens with one attached hydrogen (secondary N) is 1. The zero-order chi connectivity index (χ0) is 20.1. The van der Waals surface area contributed by atoms with Gasteiger partial charge in [0.2, 0.25) is 17.7 Å². The summed E-state index contributed by atoms with van der Waals surface area (Å²) < 4.78 is 0. The van der Waals surface area contributed by atoms with Crippen molar-refractivity contribution in [3.8, 4) is 0 Å². The number of hydrogen-bond donors (Lipinski definition) is 2. The Morgan fingerprint density at radius 3 is 2.36 bits per heavy atom. The second-order valence-corrected chi connectivity index (χ2v) is 7.17. The van der Waals surface area contributed by atoms with Crippen molar-refractivity contribution in [2.24, 2.45) is 0 Å². The number of thioether (sulfide) groups is 1. The van der Waals surface area contributed by atoms with Crippen LogP contribution in [0.1, 0.15) is 6.42 Å². The number of nitrogens with zero attached hydrogens (tertiary/aromatic N) is 1. The van der Waals surface area contributed by atoms with E-state index in [-0.39, 0.29) is 18.2 Å². The molecule has 0 aromatic heterocycles. The van der Waals surface area contributed by atoms with Crippen molar-refractivity contribution >= 4 is 46.8 Å². The molecule has 1 fully saturated rings. The average Bonchev–Trinajstić information content (AvgIpc) is 2.95. The van der Waals surface area contributed by atoms with E-state index in [1.807, 2.05) is 6.07 Å². The summed E-state index contributed by atoms with van der Waals surface area (Å²) in [5.41, 5.74) is 1.05. The van der Waals surface area contributed by atoms with E-state index in [0.717, 1.165) is 17.0 Å². The van der Waals surface area contributed by atoms with E-state index >= 15 is 0 Å². The van der Waals surface area contributed by atoms with Crippen LogP contribution in [0.3, 0.4) is 0 Å². The summed E-state index contributed by atoms with van der Waals surface area (Å²) >= 11 is 1.29. The Balaban J connectivity index is 1.63. The third-order valence-electron chi connectivity index (χ3n) is 3.90. The molecule has 2 aromatic carbocycles. The third kappa shape index (κ3) is 4.66. The van der Waals surface area contributed by atoms with Gasteiger partial charge in [0.05, 0.1) is 10.9 Å². The van der Waals surface area contributed by atoms with Crippen LogP contribution in [0.4, 0.5) is 11.4 Å². The number of carbonyl (C=O) groups excluding carboxylic acids is 3. The van der Waals surface area contributed by atoms with Gasteiger partial charge in [-0.2, -0.15) is 0 Å². The fraction of sp³-hybridized carbons (Fsp3) is 0.100. The average molecular weight is 396 g/mol. The summed E-state index contributed by atoms with van der Waals surface area (Å²) in [6.07, 6.45) is 1.80. The molecule has 0 bridgehead atoms. The van der Waals surface area contributed by atoms with Gasteiger partial charge in [0.1, 0.15) is 0 Å². The summed E-state index contributed by atoms with van der Waals surface area (Å²) in [6.45, 7) is 0. The molecule has 2 N–H and O–H groups in total. The largest absolute Gasteiger partial charge is 0.478 e. The van der Waals surface area contributed by atoms with Crippen LogP contribution in [0.2, 0.25) is 0 Å². The summed E-state index contributed by atoms with van der Waals surface area (Å²) in [6, 6.07) is 15.5. The Morgan fingerprint density at radius 1 is 1.04 bits per heavy atom. The van der Waals surface area contributed by atoms with E-state index in [1.165, 1.54) is 16.7 Å². The van der Waals surface area contributed by atoms with Crippen molar-refractivity contribution < 1.29 is 24.3 Å². The van der Waals surface area contributed by atoms with Crippen molar-refractivity contribution in [3.05, 3.63) is 66.7 Å². The lowest BCUT2D eigenvalue weighted by Crippen LogP contribution is -2.30. The van der Waals surface area contributed by atoms with E-state index in [0.29, 0.717) is 11.4 Å². The van der Waals surface area contributed by atoms with Gasteiger partial charge >= 0.3 is 5.97 Å². The first-order valence-corrected chi connectivity index (χ1v) is 9.22. The molecule has 3 amide bonds. The lowest BCUT2D eigenvalue weighted by molar-refractivity contribution is -0.131. The second-order valence-electron chi connectivity index (χ2n) is 5.90. The third-order valence-corrected chi connectivity index (χ3v) is 5.09. The molecule has 142 valence electrons. The molecule has 8 heteroatoms. The van der Waals surface area contributed by atoms with Gasteiger partial charge in [-0.3, -0.25) is 14.4 Å². The number of benzene rings is 2. The fourth-order valence-corrected chi connectivity index (χ4v) is 3.71. The van der Waals surface area contributed by atoms with Gasteiger partial charge < -0.3 is 10.4 Å². The SMILES string of the molecule is O=C(O)/C=C/C(=O)Nc1ccc(S[C@@H]2CC(=O)N(c3ccccc3)C2=O)cc1. The van der Waals surface area contributed by atoms with Gasteiger partial charge in [-0.1, -0.05) is 18.2 Å². The normalized spacial score (nSPS) is 16.6. The minimum Gasteiger partial charge on any atom is -0.478 e. The van der Waals surface area contributed by atoms with Crippen molar-refractivity contribution in [1.82, 2.24) is 0 Å². The lowest BCUT2D eigenvalue weighted by Gasteiger charge is -2.14. The fourth-order valence-electron chi connectivity index (χ4n) is 2.66. The quantitative estimate of drug-likeness (QED) is 0.575. The Hall–Kier alpha value is -3.39. The highest BCUT2D eigenvalue weighted by Crippen LogP contribution is 2.34. The maximum absolute atomic E-state index is 12.6. The maximum Gasteiger partial charge on any atom is 0.328 e. The van der Waals surface area contributed by atoms with E-state index in [1.54, 1.807) is 48.5 Å². The highest BCUT2D eigenvalue weighted by Gasteiger charge is 2.39. The van der Waals surface area contributed by atoms with Crippen LogP contribution in [0.15, 0.2) is 71.6 Å². The molecule has 0 aliphatic carbocycles. The lowest BCUT2D eigenvalue weighted by atomic mass is 10.3. The number of carboxylic acid groups (broad SMARTS) is 1. The molecule has 1 atom stereocenters. The first kappa shape index (κ1) is 19.4. The van der Waals surface area contributed by atoms with Crippen molar-refractivity contribution in [1.29, 1.82) is 0 Å². The van der Waals surface area contributed by atoms with E-state index in [2.05, 4.69) is 5.32 Å². The molecule has 3 rings (SSSR count). The van der Waals surface area contributed by atoms with Crippen LogP contribution < -0.4 is 10.2 Å². The number of rotatable bonds is 6. The molecule has 1 heterocycles. The molecule has 28 heavy (non-hydrogen) atoms. The van der Waals surface area contributed by atoms with Gasteiger partial charge in [0.15, 0.2) is 0 Å². The Kier molecular flexibility index (Phi) is 5.90. The molecule has 1 saturated heterocycles. The van der Waals surface area contributed by atoms with Crippen molar-refractivity contribution in [3.63, 3.8) is 0 Å². The monoisotopic (exact) mass is 396 g/mol. The predicted octanol–water partition coefficient (Wildman–Crippen LogP) is 2.69. The molecular formula is C20H16N2O5S. The van der Waals surface area contributed by atoms with Crippen LogP contribution >= 0.6 is 11.8 Å². The van der Waals surface area contributed by atoms with Crippen LogP contribution in [0, 0.1) is 0 Å². The van der Waals surface area contributed by atoms with Gasteiger partial charge in [-0.25, -0.2) is 9.69 Å². The van der Waals surface area contributed by atoms with Gasteiger partial charge in [0.25, 0.3) is 0 Å². The zero-order valence-corrected chi connectivity index (χ0v) is 15.4. The standard InChI is InChI=1S/C20H16N2O5S/c23-17(10-11-19(25)26)21-13-6-8-15(9-7-13)28-16-12-18(24)22(20(16)27)14-4-2-1-3-5-14/h1-11,16H,12H2,(H,21,23)(H,25,26)/b11-10+/t16-/m1/s1. The molecule has 7 nitrogen and oxygen atoms in total. The molecule has 2 aromatic rings. The number of aliphatic carboxylic acids is 1. The second kappa shape index (κ2) is 8.53. The van der Waals surface area contributed by atoms with Crippen LogP contribution in [0.5, 0.6) is 0 Å². The van der Waals surface area contributed by atoms with E-state index < -0.39 is 17.1 Å². The first-order chi connectivity index (χ1) is 13.4. The molecule has 0 saturated carbocycles. The highest BCUT2D eigenvalue weighted by molar-refractivity contribution is 8.00. The number of anilines is 2. The van der Waals surface area contributed by atoms with E-state index in [4.69, 9.17) is 5.11 Å². The topological polar surface area (TPSA) is 104 Å². The summed E-state index contributed by atoms with van der Waals surface area (Å²) in [7, 11) is 0. The van der Waals surface area contributed by atoms with Crippen molar-refractivity contribution in [2.45, 2.75) is 16.6 Å². The minimum atomic E-state index is -1.21. The number of imide groups is 1. The Labute approximate surface area is 165 Å². The summed E-state index contributed by atoms with van der Waals surface area (Å²) in [4.78, 5) is 48.9. The van der Waals surface area contributed by atoms with Gasteiger partial charge in [-0.15, -0.1) is 11.8 Å². The molecule has 0 unspecified atom stereocenters. The summed E-state index contributed by atoms with van der Waals surface area (Å²) in [5.74, 6) is -2.25.